The Morgan fingerprint density at radius 3 is 2.61 bits per heavy atom. The zero-order valence-corrected chi connectivity index (χ0v) is 19.6. The molecule has 4 rings (SSSR count). The van der Waals surface area contributed by atoms with Gasteiger partial charge in [0, 0.05) is 30.6 Å². The molecule has 1 aliphatic rings. The Morgan fingerprint density at radius 2 is 1.91 bits per heavy atom. The summed E-state index contributed by atoms with van der Waals surface area (Å²) in [6, 6.07) is 12.6. The van der Waals surface area contributed by atoms with Crippen molar-refractivity contribution in [3.63, 3.8) is 0 Å². The van der Waals surface area contributed by atoms with Gasteiger partial charge in [0.05, 0.1) is 17.3 Å². The summed E-state index contributed by atoms with van der Waals surface area (Å²) < 4.78 is 7.04. The first-order chi connectivity index (χ1) is 16.0. The number of rotatable bonds is 8. The van der Waals surface area contributed by atoms with Gasteiger partial charge in [-0.3, -0.25) is 19.5 Å². The minimum absolute atomic E-state index is 0.00976. The second-order valence-electron chi connectivity index (χ2n) is 8.49. The number of carbonyl (C=O) groups is 1. The number of carbonyl (C=O) groups excluding carboxylic acids is 1. The summed E-state index contributed by atoms with van der Waals surface area (Å²) in [5.74, 6) is 0.344. The summed E-state index contributed by atoms with van der Waals surface area (Å²) in [5, 5.41) is 0.554. The lowest BCUT2D eigenvalue weighted by Crippen LogP contribution is -2.29. The molecule has 0 saturated carbocycles. The maximum Gasteiger partial charge on any atom is 0.254 e. The van der Waals surface area contributed by atoms with Crippen LogP contribution in [0.15, 0.2) is 59.7 Å². The molecular weight excluding hydrogens is 438 g/mol. The standard InChI is InChI=1S/C26H28ClN3O3/c1-19-13-20(16-29-10-3-2-4-11-29)5-8-24(19)25(31)17-30-12-9-23(14-26(30)32)33-18-22-7-6-21(27)15-28-22/h5-9,12-15H,2-4,10-11,16-18H2,1H3. The zero-order valence-electron chi connectivity index (χ0n) is 18.8. The van der Waals surface area contributed by atoms with Gasteiger partial charge in [-0.1, -0.05) is 36.2 Å². The molecular formula is C26H28ClN3O3. The highest BCUT2D eigenvalue weighted by Crippen LogP contribution is 2.17. The van der Waals surface area contributed by atoms with Crippen molar-refractivity contribution in [2.45, 2.75) is 45.9 Å². The van der Waals surface area contributed by atoms with Crippen LogP contribution in [0.4, 0.5) is 0 Å². The van der Waals surface area contributed by atoms with Crippen LogP contribution in [0, 0.1) is 6.92 Å². The molecule has 0 bridgehead atoms. The van der Waals surface area contributed by atoms with Gasteiger partial charge >= 0.3 is 0 Å². The summed E-state index contributed by atoms with van der Waals surface area (Å²) in [4.78, 5) is 32.0. The van der Waals surface area contributed by atoms with Crippen LogP contribution in [0.3, 0.4) is 0 Å². The number of benzene rings is 1. The predicted octanol–water partition coefficient (Wildman–Crippen LogP) is 4.65. The van der Waals surface area contributed by atoms with E-state index >= 15 is 0 Å². The molecule has 1 saturated heterocycles. The SMILES string of the molecule is Cc1cc(CN2CCCCC2)ccc1C(=O)Cn1ccc(OCc2ccc(Cl)cn2)cc1=O. The van der Waals surface area contributed by atoms with Crippen molar-refractivity contribution in [1.29, 1.82) is 0 Å². The molecule has 172 valence electrons. The molecule has 3 aromatic rings. The van der Waals surface area contributed by atoms with Crippen LogP contribution in [0.2, 0.25) is 5.02 Å². The maximum atomic E-state index is 12.9. The average Bonchev–Trinajstić information content (AvgIpc) is 2.81. The highest BCUT2D eigenvalue weighted by Gasteiger charge is 2.14. The van der Waals surface area contributed by atoms with Gasteiger partial charge in [0.25, 0.3) is 5.56 Å². The van der Waals surface area contributed by atoms with Gasteiger partial charge in [-0.05, 0) is 62.2 Å². The fraction of sp³-hybridized carbons (Fsp3) is 0.346. The maximum absolute atomic E-state index is 12.9. The molecule has 0 atom stereocenters. The van der Waals surface area contributed by atoms with Gasteiger partial charge in [-0.15, -0.1) is 0 Å². The van der Waals surface area contributed by atoms with E-state index in [2.05, 4.69) is 16.0 Å². The number of piperidine rings is 1. The van der Waals surface area contributed by atoms with Gasteiger partial charge < -0.3 is 9.30 Å². The van der Waals surface area contributed by atoms with Gasteiger partial charge in [0.15, 0.2) is 5.78 Å². The Morgan fingerprint density at radius 1 is 1.09 bits per heavy atom. The van der Waals surface area contributed by atoms with E-state index in [1.165, 1.54) is 35.5 Å². The summed E-state index contributed by atoms with van der Waals surface area (Å²) in [6.45, 7) is 5.36. The smallest absolute Gasteiger partial charge is 0.254 e. The molecule has 33 heavy (non-hydrogen) atoms. The van der Waals surface area contributed by atoms with Crippen LogP contribution >= 0.6 is 11.6 Å². The number of likely N-dealkylation sites (tertiary alicyclic amines) is 1. The summed E-state index contributed by atoms with van der Waals surface area (Å²) in [5.41, 5.74) is 3.23. The van der Waals surface area contributed by atoms with Crippen molar-refractivity contribution in [2.75, 3.05) is 13.1 Å². The first-order valence-corrected chi connectivity index (χ1v) is 11.6. The van der Waals surface area contributed by atoms with Crippen LogP contribution in [0.1, 0.15) is 46.4 Å². The largest absolute Gasteiger partial charge is 0.487 e. The number of Topliss-reactive ketones (excluding diaryl/α,β-unsaturated/α-hetero) is 1. The van der Waals surface area contributed by atoms with E-state index in [0.717, 1.165) is 25.2 Å². The third-order valence-electron chi connectivity index (χ3n) is 5.90. The lowest BCUT2D eigenvalue weighted by Gasteiger charge is -2.26. The fourth-order valence-electron chi connectivity index (χ4n) is 4.11. The Bertz CT molecular complexity index is 1170. The van der Waals surface area contributed by atoms with Crippen LogP contribution < -0.4 is 10.3 Å². The Labute approximate surface area is 198 Å². The quantitative estimate of drug-likeness (QED) is 0.453. The van der Waals surface area contributed by atoms with E-state index in [9.17, 15) is 9.59 Å². The third kappa shape index (κ3) is 6.30. The molecule has 6 nitrogen and oxygen atoms in total. The Balaban J connectivity index is 1.37. The first kappa shape index (κ1) is 23.2. The van der Waals surface area contributed by atoms with E-state index in [4.69, 9.17) is 16.3 Å². The molecule has 0 aliphatic carbocycles. The molecule has 1 aromatic carbocycles. The summed E-state index contributed by atoms with van der Waals surface area (Å²) >= 11 is 5.83. The van der Waals surface area contributed by atoms with Crippen molar-refractivity contribution in [2.24, 2.45) is 0 Å². The predicted molar refractivity (Wildman–Crippen MR) is 129 cm³/mol. The van der Waals surface area contributed by atoms with E-state index in [-0.39, 0.29) is 24.5 Å². The minimum Gasteiger partial charge on any atom is -0.487 e. The zero-order chi connectivity index (χ0) is 23.2. The summed E-state index contributed by atoms with van der Waals surface area (Å²) in [6.07, 6.45) is 6.96. The highest BCUT2D eigenvalue weighted by molar-refractivity contribution is 6.30. The van der Waals surface area contributed by atoms with Crippen molar-refractivity contribution in [1.82, 2.24) is 14.5 Å². The third-order valence-corrected chi connectivity index (χ3v) is 6.13. The molecule has 1 aliphatic heterocycles. The number of hydrogen-bond donors (Lipinski definition) is 0. The van der Waals surface area contributed by atoms with Crippen molar-refractivity contribution < 1.29 is 9.53 Å². The first-order valence-electron chi connectivity index (χ1n) is 11.3. The molecule has 1 fully saturated rings. The Hall–Kier alpha value is -2.96. The molecule has 3 heterocycles. The van der Waals surface area contributed by atoms with Gasteiger partial charge in [-0.25, -0.2) is 0 Å². The number of halogens is 1. The lowest BCUT2D eigenvalue weighted by molar-refractivity contribution is 0.0970. The fourth-order valence-corrected chi connectivity index (χ4v) is 4.22. The lowest BCUT2D eigenvalue weighted by atomic mass is 10.0. The van der Waals surface area contributed by atoms with Crippen LogP contribution in [-0.4, -0.2) is 33.3 Å². The molecule has 0 spiro atoms. The molecule has 0 unspecified atom stereocenters. The number of aromatic nitrogens is 2. The summed E-state index contributed by atoms with van der Waals surface area (Å²) in [7, 11) is 0. The molecule has 7 heteroatoms. The number of nitrogens with zero attached hydrogens (tertiary/aromatic N) is 3. The van der Waals surface area contributed by atoms with E-state index in [1.807, 2.05) is 19.1 Å². The highest BCUT2D eigenvalue weighted by atomic mass is 35.5. The second-order valence-corrected chi connectivity index (χ2v) is 8.93. The van der Waals surface area contributed by atoms with Crippen molar-refractivity contribution in [3.8, 4) is 5.75 Å². The molecule has 0 N–H and O–H groups in total. The number of ether oxygens (including phenoxy) is 1. The number of ketones is 1. The molecule has 0 radical (unpaired) electrons. The minimum atomic E-state index is -0.288. The van der Waals surface area contributed by atoms with Gasteiger partial charge in [0.2, 0.25) is 0 Å². The number of hydrogen-bond acceptors (Lipinski definition) is 5. The van der Waals surface area contributed by atoms with Crippen LogP contribution in [0.25, 0.3) is 0 Å². The van der Waals surface area contributed by atoms with Crippen LogP contribution in [0.5, 0.6) is 5.75 Å². The Kier molecular flexibility index (Phi) is 7.57. The normalized spacial score (nSPS) is 14.2. The van der Waals surface area contributed by atoms with E-state index in [0.29, 0.717) is 22.0 Å². The van der Waals surface area contributed by atoms with Crippen molar-refractivity contribution in [3.05, 3.63) is 92.6 Å². The number of aryl methyl sites for hydroxylation is 1. The van der Waals surface area contributed by atoms with E-state index < -0.39 is 0 Å². The molecule has 0 amide bonds. The van der Waals surface area contributed by atoms with Gasteiger partial charge in [0.1, 0.15) is 12.4 Å². The van der Waals surface area contributed by atoms with Gasteiger partial charge in [-0.2, -0.15) is 0 Å². The molecule has 2 aromatic heterocycles. The van der Waals surface area contributed by atoms with Crippen LogP contribution in [-0.2, 0) is 19.7 Å². The monoisotopic (exact) mass is 465 g/mol. The second kappa shape index (κ2) is 10.8. The van der Waals surface area contributed by atoms with E-state index in [1.54, 1.807) is 30.6 Å². The average molecular weight is 466 g/mol. The topological polar surface area (TPSA) is 64.4 Å². The number of pyridine rings is 2. The van der Waals surface area contributed by atoms with Crippen molar-refractivity contribution >= 4 is 17.4 Å².